The number of hydrogen-bond donors (Lipinski definition) is 0. The van der Waals surface area contributed by atoms with E-state index in [9.17, 15) is 0 Å². The van der Waals surface area contributed by atoms with Crippen molar-refractivity contribution in [2.45, 2.75) is 52.6 Å². The molecular weight excluding hydrogens is 769 g/mol. The van der Waals surface area contributed by atoms with Gasteiger partial charge >= 0.3 is 0 Å². The van der Waals surface area contributed by atoms with Gasteiger partial charge in [-0.2, -0.15) is 0 Å². The van der Waals surface area contributed by atoms with Gasteiger partial charge in [-0.05, 0) is 46.5 Å². The maximum atomic E-state index is 8.88. The summed E-state index contributed by atoms with van der Waals surface area (Å²) in [5.41, 5.74) is 7.04. The van der Waals surface area contributed by atoms with Gasteiger partial charge in [0, 0.05) is 46.1 Å². The second kappa shape index (κ2) is 14.7. The van der Waals surface area contributed by atoms with Crippen molar-refractivity contribution in [2.75, 3.05) is 0 Å². The molecule has 1 radical (unpaired) electrons. The zero-order valence-corrected chi connectivity index (χ0v) is 30.5. The molecule has 0 saturated heterocycles. The molecule has 7 aromatic rings. The number of furan rings is 1. The van der Waals surface area contributed by atoms with Gasteiger partial charge in [-0.15, -0.1) is 59.2 Å². The molecule has 0 spiro atoms. The number of para-hydroxylation sites is 1. The number of aryl methyl sites for hydroxylation is 1. The standard InChI is InChI=1S/C22H24NSi.C20H16NO.Ir/c1-17-10-12-19(13-11-17)21-15-20(14-18-8-6-5-7-9-18)22(16-23-21)24(2,3)4;1-13(2)14-9-10-21-18(12-14)15-7-8-20-17(11-15)16-5-3-4-6-19(16)22-20;/h5-12,15-16H,14H2,1-4H3;3-6,8-13H,1-2H3;/q2*-1;/i1D3,14D2;13D;. The van der Waals surface area contributed by atoms with E-state index in [1.54, 1.807) is 42.7 Å². The summed E-state index contributed by atoms with van der Waals surface area (Å²) in [5, 5.41) is 3.12. The van der Waals surface area contributed by atoms with Gasteiger partial charge in [0.2, 0.25) is 0 Å². The maximum absolute atomic E-state index is 8.88. The average molecular weight is 815 g/mol. The van der Waals surface area contributed by atoms with Gasteiger partial charge < -0.3 is 14.4 Å². The van der Waals surface area contributed by atoms with E-state index in [2.05, 4.69) is 53.9 Å². The molecular formula is C42H40IrN2OSi-2. The van der Waals surface area contributed by atoms with Gasteiger partial charge in [0.05, 0.1) is 13.7 Å². The summed E-state index contributed by atoms with van der Waals surface area (Å²) in [6.07, 6.45) is 1.86. The average Bonchev–Trinajstić information content (AvgIpc) is 3.49. The van der Waals surface area contributed by atoms with Crippen LogP contribution in [0.25, 0.3) is 44.5 Å². The van der Waals surface area contributed by atoms with Crippen molar-refractivity contribution in [3.63, 3.8) is 0 Å². The van der Waals surface area contributed by atoms with Gasteiger partial charge in [-0.25, -0.2) is 0 Å². The zero-order chi connectivity index (χ0) is 37.5. The van der Waals surface area contributed by atoms with Crippen LogP contribution in [-0.2, 0) is 26.5 Å². The third-order valence-corrected chi connectivity index (χ3v) is 9.79. The summed E-state index contributed by atoms with van der Waals surface area (Å²) in [4.78, 5) is 9.02. The van der Waals surface area contributed by atoms with Crippen molar-refractivity contribution in [3.05, 3.63) is 150 Å². The Morgan fingerprint density at radius 2 is 1.55 bits per heavy atom. The third-order valence-electron chi connectivity index (χ3n) is 7.78. The minimum atomic E-state index is -2.18. The number of pyridine rings is 2. The van der Waals surface area contributed by atoms with E-state index >= 15 is 0 Å². The Kier molecular flexibility index (Phi) is 8.42. The summed E-state index contributed by atoms with van der Waals surface area (Å²) < 4.78 is 54.3. The van der Waals surface area contributed by atoms with Gasteiger partial charge in [0.25, 0.3) is 0 Å². The van der Waals surface area contributed by atoms with Crippen molar-refractivity contribution in [1.82, 2.24) is 9.97 Å². The summed E-state index contributed by atoms with van der Waals surface area (Å²) in [7, 11) is -1.87. The first kappa shape index (κ1) is 26.9. The minimum absolute atomic E-state index is 0. The monoisotopic (exact) mass is 815 g/mol. The van der Waals surface area contributed by atoms with E-state index in [-0.39, 0.29) is 25.7 Å². The van der Waals surface area contributed by atoms with E-state index in [0.717, 1.165) is 43.9 Å². The van der Waals surface area contributed by atoms with E-state index in [1.165, 1.54) is 6.07 Å². The van der Waals surface area contributed by atoms with Gasteiger partial charge in [0.15, 0.2) is 0 Å². The molecule has 0 bridgehead atoms. The molecule has 0 fully saturated rings. The number of hydrogen-bond acceptors (Lipinski definition) is 3. The Bertz CT molecular complexity index is 2350. The normalized spacial score (nSPS) is 14.0. The summed E-state index contributed by atoms with van der Waals surface area (Å²) in [6.45, 7) is 8.09. The Hall–Kier alpha value is -4.15. The summed E-state index contributed by atoms with van der Waals surface area (Å²) in [6, 6.07) is 37.7. The maximum Gasteiger partial charge on any atom is 0.120 e. The number of rotatable bonds is 6. The predicted molar refractivity (Wildman–Crippen MR) is 195 cm³/mol. The van der Waals surface area contributed by atoms with Crippen LogP contribution in [0, 0.1) is 19.0 Å². The van der Waals surface area contributed by atoms with Crippen LogP contribution >= 0.6 is 0 Å². The van der Waals surface area contributed by atoms with Crippen molar-refractivity contribution < 1.29 is 32.7 Å². The first-order valence-corrected chi connectivity index (χ1v) is 18.8. The summed E-state index contributed by atoms with van der Waals surface area (Å²) >= 11 is 0. The first-order chi connectivity index (χ1) is 24.4. The molecule has 4 aromatic carbocycles. The fourth-order valence-electron chi connectivity index (χ4n) is 5.27. The Labute approximate surface area is 301 Å². The van der Waals surface area contributed by atoms with Gasteiger partial charge in [-0.1, -0.05) is 118 Å². The van der Waals surface area contributed by atoms with Gasteiger partial charge in [0.1, 0.15) is 5.58 Å². The summed E-state index contributed by atoms with van der Waals surface area (Å²) in [5.74, 6) is -0.649. The molecule has 5 heteroatoms. The van der Waals surface area contributed by atoms with Crippen LogP contribution in [0.5, 0.6) is 0 Å². The molecule has 0 atom stereocenters. The molecule has 0 aliphatic carbocycles. The SMILES string of the molecule is [2H]C(C)(C)c1ccnc(-c2[c-]cc3oc4ccccc4c3c2)c1.[2H]C([2H])([2H])c1c[c-]c(-c2cc(C([2H])([2H])c3ccccc3)c([Si](C)(C)C)cn2)cc1.[Ir]. The fraction of sp³-hybridized carbons (Fsp3) is 0.190. The minimum Gasteiger partial charge on any atom is -0.500 e. The van der Waals surface area contributed by atoms with Crippen LogP contribution in [0.15, 0.2) is 120 Å². The van der Waals surface area contributed by atoms with Crippen LogP contribution in [0.2, 0.25) is 19.6 Å². The van der Waals surface area contributed by atoms with Crippen molar-refractivity contribution >= 4 is 35.2 Å². The van der Waals surface area contributed by atoms with E-state index < -0.39 is 27.2 Å². The molecule has 47 heavy (non-hydrogen) atoms. The Morgan fingerprint density at radius 3 is 2.28 bits per heavy atom. The molecule has 0 unspecified atom stereocenters. The van der Waals surface area contributed by atoms with Crippen LogP contribution in [0.3, 0.4) is 0 Å². The van der Waals surface area contributed by atoms with Crippen molar-refractivity contribution in [2.24, 2.45) is 0 Å². The largest absolute Gasteiger partial charge is 0.500 e. The predicted octanol–water partition coefficient (Wildman–Crippen LogP) is 10.6. The molecule has 0 saturated carbocycles. The molecule has 239 valence electrons. The van der Waals surface area contributed by atoms with E-state index in [0.29, 0.717) is 22.4 Å². The van der Waals surface area contributed by atoms with Crippen LogP contribution < -0.4 is 5.19 Å². The fourth-order valence-corrected chi connectivity index (χ4v) is 6.67. The first-order valence-electron chi connectivity index (χ1n) is 18.3. The quantitative estimate of drug-likeness (QED) is 0.124. The molecule has 3 nitrogen and oxygen atoms in total. The zero-order valence-electron chi connectivity index (χ0n) is 33.1. The van der Waals surface area contributed by atoms with Crippen LogP contribution in [-0.4, -0.2) is 18.0 Å². The number of benzene rings is 4. The molecule has 0 aliphatic rings. The van der Waals surface area contributed by atoms with Crippen LogP contribution in [0.4, 0.5) is 0 Å². The van der Waals surface area contributed by atoms with E-state index in [4.69, 9.17) is 12.6 Å². The molecule has 3 aromatic heterocycles. The Morgan fingerprint density at radius 1 is 0.809 bits per heavy atom. The van der Waals surface area contributed by atoms with Gasteiger partial charge in [-0.3, -0.25) is 0 Å². The number of aromatic nitrogens is 2. The topological polar surface area (TPSA) is 38.9 Å². The third kappa shape index (κ3) is 8.05. The number of fused-ring (bicyclic) bond motifs is 3. The van der Waals surface area contributed by atoms with Crippen molar-refractivity contribution in [3.8, 4) is 22.5 Å². The Balaban J connectivity index is 0.000000205. The molecule has 0 aliphatic heterocycles. The van der Waals surface area contributed by atoms with Crippen molar-refractivity contribution in [1.29, 1.82) is 0 Å². The number of nitrogens with zero attached hydrogens (tertiary/aromatic N) is 2. The smallest absolute Gasteiger partial charge is 0.120 e. The molecule has 7 rings (SSSR count). The molecule has 0 N–H and O–H groups in total. The second-order valence-electron chi connectivity index (χ2n) is 12.5. The van der Waals surface area contributed by atoms with Crippen LogP contribution in [0.1, 0.15) is 50.2 Å². The molecule has 0 amide bonds. The van der Waals surface area contributed by atoms with E-state index in [1.807, 2.05) is 68.4 Å². The second-order valence-corrected chi connectivity index (χ2v) is 17.5. The molecule has 3 heterocycles.